The van der Waals surface area contributed by atoms with E-state index in [0.29, 0.717) is 21.8 Å². The van der Waals surface area contributed by atoms with Crippen molar-refractivity contribution in [3.05, 3.63) is 77.2 Å². The SMILES string of the molecule is O=C(COc1ccccc1)Nc1cccc(NC(=S)NC(=O)c2ccc(Br)o2)c1. The largest absolute Gasteiger partial charge is 0.484 e. The summed E-state index contributed by atoms with van der Waals surface area (Å²) in [6, 6.07) is 19.1. The first kappa shape index (κ1) is 20.6. The van der Waals surface area contributed by atoms with Crippen molar-refractivity contribution < 1.29 is 18.7 Å². The summed E-state index contributed by atoms with van der Waals surface area (Å²) in [6.07, 6.45) is 0. The van der Waals surface area contributed by atoms with Crippen molar-refractivity contribution >= 4 is 56.4 Å². The first-order valence-electron chi connectivity index (χ1n) is 8.45. The van der Waals surface area contributed by atoms with E-state index in [0.717, 1.165) is 0 Å². The topological polar surface area (TPSA) is 92.6 Å². The van der Waals surface area contributed by atoms with Gasteiger partial charge in [0.15, 0.2) is 22.1 Å². The van der Waals surface area contributed by atoms with Crippen LogP contribution in [0.1, 0.15) is 10.6 Å². The Hall–Kier alpha value is -3.17. The fourth-order valence-electron chi connectivity index (χ4n) is 2.30. The van der Waals surface area contributed by atoms with Gasteiger partial charge in [-0.1, -0.05) is 24.3 Å². The molecule has 148 valence electrons. The van der Waals surface area contributed by atoms with Gasteiger partial charge in [-0.25, -0.2) is 0 Å². The highest BCUT2D eigenvalue weighted by atomic mass is 79.9. The van der Waals surface area contributed by atoms with Gasteiger partial charge in [0, 0.05) is 11.4 Å². The van der Waals surface area contributed by atoms with E-state index in [2.05, 4.69) is 31.9 Å². The van der Waals surface area contributed by atoms with E-state index in [4.69, 9.17) is 21.4 Å². The standard InChI is InChI=1S/C20H16BrN3O4S/c21-17-10-9-16(28-17)19(26)24-20(29)23-14-6-4-5-13(11-14)22-18(25)12-27-15-7-2-1-3-8-15/h1-11H,12H2,(H,22,25)(H2,23,24,26,29). The van der Waals surface area contributed by atoms with Crippen molar-refractivity contribution in [2.24, 2.45) is 0 Å². The van der Waals surface area contributed by atoms with Crippen molar-refractivity contribution in [2.45, 2.75) is 0 Å². The zero-order chi connectivity index (χ0) is 20.6. The number of hydrogen-bond acceptors (Lipinski definition) is 5. The smallest absolute Gasteiger partial charge is 0.293 e. The lowest BCUT2D eigenvalue weighted by atomic mass is 10.2. The lowest BCUT2D eigenvalue weighted by molar-refractivity contribution is -0.118. The Morgan fingerprint density at radius 1 is 0.966 bits per heavy atom. The summed E-state index contributed by atoms with van der Waals surface area (Å²) in [5.74, 6) is -0.0378. The van der Waals surface area contributed by atoms with E-state index in [1.54, 1.807) is 42.5 Å². The molecular formula is C20H16BrN3O4S. The number of carbonyl (C=O) groups excluding carboxylic acids is 2. The van der Waals surface area contributed by atoms with E-state index < -0.39 is 5.91 Å². The third kappa shape index (κ3) is 6.44. The van der Waals surface area contributed by atoms with Crippen LogP contribution >= 0.6 is 28.1 Å². The van der Waals surface area contributed by atoms with Crippen molar-refractivity contribution in [2.75, 3.05) is 17.2 Å². The molecule has 29 heavy (non-hydrogen) atoms. The predicted octanol–water partition coefficient (Wildman–Crippen LogP) is 4.19. The van der Waals surface area contributed by atoms with Crippen LogP contribution in [0.2, 0.25) is 0 Å². The molecule has 0 radical (unpaired) electrons. The average molecular weight is 474 g/mol. The van der Waals surface area contributed by atoms with Gasteiger partial charge in [-0.3, -0.25) is 14.9 Å². The second-order valence-corrected chi connectivity index (χ2v) is 6.93. The number of para-hydroxylation sites is 1. The Kier molecular flexibility index (Phi) is 6.99. The Balaban J connectivity index is 1.51. The van der Waals surface area contributed by atoms with Crippen LogP contribution in [0, 0.1) is 0 Å². The summed E-state index contributed by atoms with van der Waals surface area (Å²) >= 11 is 8.28. The highest BCUT2D eigenvalue weighted by Gasteiger charge is 2.12. The van der Waals surface area contributed by atoms with E-state index in [1.807, 2.05) is 18.2 Å². The number of nitrogens with one attached hydrogen (secondary N) is 3. The number of carbonyl (C=O) groups is 2. The van der Waals surface area contributed by atoms with Crippen LogP contribution in [-0.2, 0) is 4.79 Å². The molecule has 0 bridgehead atoms. The number of ether oxygens (including phenoxy) is 1. The molecule has 0 saturated carbocycles. The molecule has 0 atom stereocenters. The Morgan fingerprint density at radius 3 is 2.38 bits per heavy atom. The van der Waals surface area contributed by atoms with Crippen LogP contribution < -0.4 is 20.7 Å². The Labute approximate surface area is 180 Å². The van der Waals surface area contributed by atoms with Crippen LogP contribution in [0.15, 0.2) is 75.8 Å². The summed E-state index contributed by atoms with van der Waals surface area (Å²) < 4.78 is 11.0. The van der Waals surface area contributed by atoms with Gasteiger partial charge in [-0.2, -0.15) is 0 Å². The highest BCUT2D eigenvalue weighted by molar-refractivity contribution is 9.10. The van der Waals surface area contributed by atoms with Crippen molar-refractivity contribution in [3.8, 4) is 5.75 Å². The summed E-state index contributed by atoms with van der Waals surface area (Å²) in [4.78, 5) is 24.1. The number of benzene rings is 2. The van der Waals surface area contributed by atoms with Crippen molar-refractivity contribution in [1.29, 1.82) is 0 Å². The number of halogens is 1. The van der Waals surface area contributed by atoms with Gasteiger partial charge in [-0.15, -0.1) is 0 Å². The minimum Gasteiger partial charge on any atom is -0.484 e. The zero-order valence-electron chi connectivity index (χ0n) is 15.0. The molecule has 0 aliphatic carbocycles. The van der Waals surface area contributed by atoms with Gasteiger partial charge in [0.25, 0.3) is 11.8 Å². The van der Waals surface area contributed by atoms with Gasteiger partial charge in [0.2, 0.25) is 0 Å². The Morgan fingerprint density at radius 2 is 1.69 bits per heavy atom. The molecule has 9 heteroatoms. The van der Waals surface area contributed by atoms with E-state index >= 15 is 0 Å². The molecular weight excluding hydrogens is 458 g/mol. The second kappa shape index (κ2) is 9.85. The van der Waals surface area contributed by atoms with Crippen LogP contribution in [0.25, 0.3) is 0 Å². The number of anilines is 2. The van der Waals surface area contributed by atoms with Crippen molar-refractivity contribution in [3.63, 3.8) is 0 Å². The first-order valence-corrected chi connectivity index (χ1v) is 9.65. The number of rotatable bonds is 6. The normalized spacial score (nSPS) is 10.1. The molecule has 3 N–H and O–H groups in total. The maximum Gasteiger partial charge on any atom is 0.293 e. The van der Waals surface area contributed by atoms with Crippen LogP contribution in [-0.4, -0.2) is 23.5 Å². The van der Waals surface area contributed by atoms with Crippen LogP contribution in [0.4, 0.5) is 11.4 Å². The predicted molar refractivity (Wildman–Crippen MR) is 117 cm³/mol. The molecule has 2 amide bonds. The van der Waals surface area contributed by atoms with Gasteiger partial charge in [0.05, 0.1) is 0 Å². The minimum atomic E-state index is -0.476. The van der Waals surface area contributed by atoms with E-state index in [9.17, 15) is 9.59 Å². The third-order valence-electron chi connectivity index (χ3n) is 3.54. The molecule has 0 aliphatic heterocycles. The second-order valence-electron chi connectivity index (χ2n) is 5.74. The van der Waals surface area contributed by atoms with Gasteiger partial charge < -0.3 is 19.8 Å². The lowest BCUT2D eigenvalue weighted by Crippen LogP contribution is -2.33. The van der Waals surface area contributed by atoms with Crippen LogP contribution in [0.5, 0.6) is 5.75 Å². The summed E-state index contributed by atoms with van der Waals surface area (Å²) in [7, 11) is 0. The molecule has 0 saturated heterocycles. The summed E-state index contributed by atoms with van der Waals surface area (Å²) in [5, 5.41) is 8.24. The number of thiocarbonyl (C=S) groups is 1. The molecule has 0 spiro atoms. The number of amides is 2. The lowest BCUT2D eigenvalue weighted by Gasteiger charge is -2.11. The Bertz CT molecular complexity index is 1020. The monoisotopic (exact) mass is 473 g/mol. The average Bonchev–Trinajstić information content (AvgIpc) is 3.14. The molecule has 3 aromatic rings. The molecule has 3 rings (SSSR count). The van der Waals surface area contributed by atoms with Crippen molar-refractivity contribution in [1.82, 2.24) is 5.32 Å². The fraction of sp³-hybridized carbons (Fsp3) is 0.0500. The summed E-state index contributed by atoms with van der Waals surface area (Å²) in [6.45, 7) is -0.116. The van der Waals surface area contributed by atoms with Gasteiger partial charge in [-0.05, 0) is 70.6 Å². The number of furan rings is 1. The maximum atomic E-state index is 12.1. The van der Waals surface area contributed by atoms with Crippen LogP contribution in [0.3, 0.4) is 0 Å². The molecule has 0 unspecified atom stereocenters. The minimum absolute atomic E-state index is 0.0957. The summed E-state index contributed by atoms with van der Waals surface area (Å²) in [5.41, 5.74) is 1.15. The molecule has 7 nitrogen and oxygen atoms in total. The van der Waals surface area contributed by atoms with Gasteiger partial charge >= 0.3 is 0 Å². The fourth-order valence-corrected chi connectivity index (χ4v) is 2.82. The molecule has 0 aliphatic rings. The third-order valence-corrected chi connectivity index (χ3v) is 4.17. The maximum absolute atomic E-state index is 12.1. The molecule has 2 aromatic carbocycles. The van der Waals surface area contributed by atoms with Gasteiger partial charge in [0.1, 0.15) is 5.75 Å². The molecule has 1 heterocycles. The molecule has 0 fully saturated rings. The van der Waals surface area contributed by atoms with E-state index in [1.165, 1.54) is 6.07 Å². The zero-order valence-corrected chi connectivity index (χ0v) is 17.4. The first-order chi connectivity index (χ1) is 14.0. The van der Waals surface area contributed by atoms with E-state index in [-0.39, 0.29) is 23.4 Å². The molecule has 1 aromatic heterocycles. The number of hydrogen-bond donors (Lipinski definition) is 3. The highest BCUT2D eigenvalue weighted by Crippen LogP contribution is 2.16. The quantitative estimate of drug-likeness (QED) is 0.465.